The summed E-state index contributed by atoms with van der Waals surface area (Å²) in [6, 6.07) is 12.0. The van der Waals surface area contributed by atoms with Crippen molar-refractivity contribution in [2.75, 3.05) is 19.5 Å². The van der Waals surface area contributed by atoms with Crippen LogP contribution in [0.5, 0.6) is 11.5 Å². The molecule has 1 amide bonds. The molecule has 6 heteroatoms. The second kappa shape index (κ2) is 8.19. The number of hydrogen-bond acceptors (Lipinski definition) is 5. The van der Waals surface area contributed by atoms with E-state index in [0.29, 0.717) is 29.5 Å². The van der Waals surface area contributed by atoms with Gasteiger partial charge in [0.05, 0.1) is 24.4 Å². The Morgan fingerprint density at radius 2 is 1.82 bits per heavy atom. The van der Waals surface area contributed by atoms with Crippen molar-refractivity contribution in [2.24, 2.45) is 0 Å². The van der Waals surface area contributed by atoms with Gasteiger partial charge in [-0.3, -0.25) is 4.79 Å². The highest BCUT2D eigenvalue weighted by Crippen LogP contribution is 2.31. The number of amides is 1. The van der Waals surface area contributed by atoms with Gasteiger partial charge in [-0.2, -0.15) is 0 Å². The number of aryl methyl sites for hydroxylation is 1. The molecule has 0 aliphatic rings. The van der Waals surface area contributed by atoms with Crippen molar-refractivity contribution in [1.82, 2.24) is 4.98 Å². The Bertz CT molecular complexity index is 989. The summed E-state index contributed by atoms with van der Waals surface area (Å²) >= 11 is 1.51. The van der Waals surface area contributed by atoms with Crippen molar-refractivity contribution in [3.8, 4) is 11.5 Å². The molecule has 0 unspecified atom stereocenters. The summed E-state index contributed by atoms with van der Waals surface area (Å²) in [5.74, 6) is 1.30. The van der Waals surface area contributed by atoms with Gasteiger partial charge in [0.15, 0.2) is 16.6 Å². The van der Waals surface area contributed by atoms with Gasteiger partial charge >= 0.3 is 0 Å². The average Bonchev–Trinajstić information content (AvgIpc) is 3.06. The molecular weight excluding hydrogens is 372 g/mol. The van der Waals surface area contributed by atoms with Gasteiger partial charge in [-0.15, -0.1) is 0 Å². The minimum absolute atomic E-state index is 0.0510. The van der Waals surface area contributed by atoms with E-state index in [-0.39, 0.29) is 11.3 Å². The summed E-state index contributed by atoms with van der Waals surface area (Å²) in [6.07, 6.45) is 0.990. The molecule has 0 bridgehead atoms. The molecule has 0 saturated carbocycles. The van der Waals surface area contributed by atoms with E-state index in [2.05, 4.69) is 43.2 Å². The topological polar surface area (TPSA) is 60.5 Å². The van der Waals surface area contributed by atoms with E-state index in [9.17, 15) is 4.79 Å². The first kappa shape index (κ1) is 20.1. The van der Waals surface area contributed by atoms with Crippen LogP contribution in [-0.2, 0) is 16.6 Å². The Morgan fingerprint density at radius 3 is 2.50 bits per heavy atom. The van der Waals surface area contributed by atoms with Gasteiger partial charge in [0.2, 0.25) is 5.91 Å². The van der Waals surface area contributed by atoms with Crippen molar-refractivity contribution >= 4 is 32.6 Å². The van der Waals surface area contributed by atoms with Gasteiger partial charge in [-0.25, -0.2) is 4.98 Å². The summed E-state index contributed by atoms with van der Waals surface area (Å²) in [6.45, 7) is 6.56. The van der Waals surface area contributed by atoms with E-state index in [0.717, 1.165) is 15.8 Å². The fourth-order valence-electron chi connectivity index (χ4n) is 2.92. The maximum Gasteiger partial charge on any atom is 0.226 e. The standard InChI is InChI=1S/C22H26N2O3S/c1-22(2,3)15-8-9-16-19(13-15)28-21(23-16)24-20(25)11-7-14-6-10-17(26-4)18(12-14)27-5/h6,8-10,12-13H,7,11H2,1-5H3,(H,23,24,25). The maximum absolute atomic E-state index is 12.4. The van der Waals surface area contributed by atoms with Crippen LogP contribution in [0.1, 0.15) is 38.3 Å². The Labute approximate surface area is 169 Å². The molecule has 0 radical (unpaired) electrons. The lowest BCUT2D eigenvalue weighted by Gasteiger charge is -2.18. The van der Waals surface area contributed by atoms with E-state index >= 15 is 0 Å². The number of benzene rings is 2. The number of carbonyl (C=O) groups excluding carboxylic acids is 1. The molecule has 1 heterocycles. The minimum Gasteiger partial charge on any atom is -0.493 e. The fourth-order valence-corrected chi connectivity index (χ4v) is 3.84. The molecule has 0 spiro atoms. The van der Waals surface area contributed by atoms with E-state index in [1.54, 1.807) is 14.2 Å². The van der Waals surface area contributed by atoms with Crippen LogP contribution >= 0.6 is 11.3 Å². The molecule has 0 saturated heterocycles. The van der Waals surface area contributed by atoms with Gasteiger partial charge < -0.3 is 14.8 Å². The van der Waals surface area contributed by atoms with Gasteiger partial charge in [-0.05, 0) is 47.2 Å². The number of thiazole rings is 1. The number of rotatable bonds is 6. The third-order valence-electron chi connectivity index (χ3n) is 4.59. The van der Waals surface area contributed by atoms with E-state index < -0.39 is 0 Å². The lowest BCUT2D eigenvalue weighted by atomic mass is 9.87. The highest BCUT2D eigenvalue weighted by atomic mass is 32.1. The first-order chi connectivity index (χ1) is 13.3. The van der Waals surface area contributed by atoms with Crippen LogP contribution in [0.3, 0.4) is 0 Å². The first-order valence-corrected chi connectivity index (χ1v) is 10.0. The SMILES string of the molecule is COc1ccc(CCC(=O)Nc2nc3ccc(C(C)(C)C)cc3s2)cc1OC. The molecule has 5 nitrogen and oxygen atoms in total. The predicted molar refractivity (Wildman–Crippen MR) is 115 cm³/mol. The van der Waals surface area contributed by atoms with Crippen molar-refractivity contribution in [1.29, 1.82) is 0 Å². The summed E-state index contributed by atoms with van der Waals surface area (Å²) in [5.41, 5.74) is 3.27. The van der Waals surface area contributed by atoms with Crippen LogP contribution in [0, 0.1) is 0 Å². The van der Waals surface area contributed by atoms with E-state index in [4.69, 9.17) is 9.47 Å². The lowest BCUT2D eigenvalue weighted by molar-refractivity contribution is -0.116. The van der Waals surface area contributed by atoms with E-state index in [1.807, 2.05) is 24.3 Å². The van der Waals surface area contributed by atoms with Crippen molar-refractivity contribution in [3.05, 3.63) is 47.5 Å². The maximum atomic E-state index is 12.4. The highest BCUT2D eigenvalue weighted by molar-refractivity contribution is 7.22. The molecule has 1 N–H and O–H groups in total. The van der Waals surface area contributed by atoms with Crippen LogP contribution in [0.25, 0.3) is 10.2 Å². The number of nitrogens with zero attached hydrogens (tertiary/aromatic N) is 1. The van der Waals surface area contributed by atoms with Gasteiger partial charge in [0.25, 0.3) is 0 Å². The van der Waals surface area contributed by atoms with Gasteiger partial charge in [0.1, 0.15) is 0 Å². The first-order valence-electron chi connectivity index (χ1n) is 9.22. The molecule has 3 aromatic rings. The zero-order chi connectivity index (χ0) is 20.3. The molecule has 0 atom stereocenters. The van der Waals surface area contributed by atoms with Crippen LogP contribution in [-0.4, -0.2) is 25.1 Å². The summed E-state index contributed by atoms with van der Waals surface area (Å²) in [5, 5.41) is 3.56. The van der Waals surface area contributed by atoms with Crippen molar-refractivity contribution in [2.45, 2.75) is 39.0 Å². The molecule has 148 valence electrons. The van der Waals surface area contributed by atoms with Crippen LogP contribution < -0.4 is 14.8 Å². The summed E-state index contributed by atoms with van der Waals surface area (Å²) < 4.78 is 11.6. The van der Waals surface area contributed by atoms with Crippen LogP contribution in [0.15, 0.2) is 36.4 Å². The van der Waals surface area contributed by atoms with Gasteiger partial charge in [0, 0.05) is 6.42 Å². The third kappa shape index (κ3) is 4.62. The molecule has 3 rings (SSSR count). The highest BCUT2D eigenvalue weighted by Gasteiger charge is 2.16. The van der Waals surface area contributed by atoms with Crippen LogP contribution in [0.2, 0.25) is 0 Å². The normalized spacial score (nSPS) is 11.5. The molecule has 0 aliphatic carbocycles. The Hall–Kier alpha value is -2.60. The number of hydrogen-bond donors (Lipinski definition) is 1. The number of fused-ring (bicyclic) bond motifs is 1. The summed E-state index contributed by atoms with van der Waals surface area (Å²) in [7, 11) is 3.21. The molecule has 0 aliphatic heterocycles. The number of carbonyl (C=O) groups is 1. The smallest absolute Gasteiger partial charge is 0.226 e. The fraction of sp³-hybridized carbons (Fsp3) is 0.364. The quantitative estimate of drug-likeness (QED) is 0.621. The summed E-state index contributed by atoms with van der Waals surface area (Å²) in [4.78, 5) is 16.9. The van der Waals surface area contributed by atoms with E-state index in [1.165, 1.54) is 16.9 Å². The number of methoxy groups -OCH3 is 2. The zero-order valence-corrected chi connectivity index (χ0v) is 17.8. The number of aromatic nitrogens is 1. The second-order valence-corrected chi connectivity index (χ2v) is 8.72. The molecule has 28 heavy (non-hydrogen) atoms. The Morgan fingerprint density at radius 1 is 1.07 bits per heavy atom. The number of nitrogens with one attached hydrogen (secondary N) is 1. The van der Waals surface area contributed by atoms with Crippen LogP contribution in [0.4, 0.5) is 5.13 Å². The molecule has 2 aromatic carbocycles. The molecular formula is C22H26N2O3S. The predicted octanol–water partition coefficient (Wildman–Crippen LogP) is 5.18. The Kier molecular flexibility index (Phi) is 5.89. The monoisotopic (exact) mass is 398 g/mol. The number of anilines is 1. The van der Waals surface area contributed by atoms with Crippen molar-refractivity contribution < 1.29 is 14.3 Å². The van der Waals surface area contributed by atoms with Gasteiger partial charge in [-0.1, -0.05) is 44.2 Å². The molecule has 1 aromatic heterocycles. The third-order valence-corrected chi connectivity index (χ3v) is 5.52. The second-order valence-electron chi connectivity index (χ2n) is 7.69. The van der Waals surface area contributed by atoms with Crippen molar-refractivity contribution in [3.63, 3.8) is 0 Å². The lowest BCUT2D eigenvalue weighted by Crippen LogP contribution is -2.12. The zero-order valence-electron chi connectivity index (χ0n) is 17.0. The molecule has 0 fully saturated rings. The Balaban J connectivity index is 1.65. The minimum atomic E-state index is -0.0510. The largest absolute Gasteiger partial charge is 0.493 e. The average molecular weight is 399 g/mol. The number of ether oxygens (including phenoxy) is 2.